The summed E-state index contributed by atoms with van der Waals surface area (Å²) >= 11 is 0. The summed E-state index contributed by atoms with van der Waals surface area (Å²) in [4.78, 5) is 32.4. The third-order valence-electron chi connectivity index (χ3n) is 15.7. The van der Waals surface area contributed by atoms with E-state index in [0.29, 0.717) is 0 Å². The van der Waals surface area contributed by atoms with E-state index in [4.69, 9.17) is 0 Å². The number of H-pyrrole nitrogens is 6. The first-order valence-corrected chi connectivity index (χ1v) is 24.6. The van der Waals surface area contributed by atoms with E-state index >= 15 is 0 Å². The van der Waals surface area contributed by atoms with E-state index in [1.54, 1.807) is 0 Å². The minimum atomic E-state index is 1.04. The zero-order chi connectivity index (χ0) is 46.8. The van der Waals surface area contributed by atoms with Crippen LogP contribution in [0.4, 0.5) is 0 Å². The van der Waals surface area contributed by atoms with E-state index < -0.39 is 0 Å². The van der Waals surface area contributed by atoms with Gasteiger partial charge in [-0.25, -0.2) is 9.98 Å². The van der Waals surface area contributed by atoms with Gasteiger partial charge in [0.15, 0.2) is 0 Å². The van der Waals surface area contributed by atoms with Crippen LogP contribution in [0.2, 0.25) is 0 Å². The largest absolute Gasteiger partial charge is 0.351 e. The summed E-state index contributed by atoms with van der Waals surface area (Å²) in [6, 6.07) is 70.1. The summed E-state index contributed by atoms with van der Waals surface area (Å²) in [7, 11) is 0. The first-order valence-electron chi connectivity index (χ1n) is 24.6. The molecular formula is C64H40N8+2. The Morgan fingerprint density at radius 3 is 0.736 bits per heavy atom. The molecule has 0 fully saturated rings. The predicted molar refractivity (Wildman–Crippen MR) is 289 cm³/mol. The Morgan fingerprint density at radius 2 is 0.417 bits per heavy atom. The number of nitrogens with one attached hydrogen (secondary N) is 8. The molecule has 8 nitrogen and oxygen atoms in total. The molecule has 72 heavy (non-hydrogen) atoms. The maximum atomic E-state index is 4.05. The highest BCUT2D eigenvalue weighted by Crippen LogP contribution is 2.42. The molecule has 1 aliphatic carbocycles. The second kappa shape index (κ2) is 13.9. The number of hydrogen-bond acceptors (Lipinski definition) is 0. The Morgan fingerprint density at radius 1 is 0.194 bits per heavy atom. The van der Waals surface area contributed by atoms with Gasteiger partial charge in [-0.1, -0.05) is 170 Å². The predicted octanol–water partition coefficient (Wildman–Crippen LogP) is 8.97. The SMILES string of the molecule is c1ccc2c(c1)C1=[NH+]C2=c2[nH]c(c3ccccc23)=c2[nH]c(c3ccccc23)=c2[nH]c(c3ccccc23)=C2[NH+]=C(c3ccccc32)c2[nH]c(c3ccccc23)-c2[nH]c(c3ccccc23)-c2[nH]c1c1ccccc21. The lowest BCUT2D eigenvalue weighted by Crippen LogP contribution is -2.69. The summed E-state index contributed by atoms with van der Waals surface area (Å²) in [6.07, 6.45) is 0. The lowest BCUT2D eigenvalue weighted by Gasteiger charge is -1.99. The number of benzene rings is 8. The van der Waals surface area contributed by atoms with Gasteiger partial charge in [0.1, 0.15) is 22.1 Å². The molecule has 3 aliphatic rings. The zero-order valence-corrected chi connectivity index (χ0v) is 38.5. The van der Waals surface area contributed by atoms with E-state index in [0.717, 1.165) is 176 Å². The van der Waals surface area contributed by atoms with Gasteiger partial charge in [-0.15, -0.1) is 0 Å². The second-order valence-corrected chi connectivity index (χ2v) is 19.4. The van der Waals surface area contributed by atoms with Crippen molar-refractivity contribution in [3.63, 3.8) is 0 Å². The van der Waals surface area contributed by atoms with Crippen LogP contribution in [0.3, 0.4) is 0 Å². The van der Waals surface area contributed by atoms with Gasteiger partial charge in [-0.3, -0.25) is 0 Å². The Labute approximate surface area is 408 Å². The Bertz CT molecular complexity index is 4860. The van der Waals surface area contributed by atoms with Crippen LogP contribution in [-0.2, 0) is 0 Å². The molecule has 8 heteroatoms. The fourth-order valence-electron chi connectivity index (χ4n) is 12.6. The van der Waals surface area contributed by atoms with Gasteiger partial charge in [-0.2, -0.15) is 0 Å². The van der Waals surface area contributed by atoms with Crippen LogP contribution in [0.5, 0.6) is 0 Å². The van der Waals surface area contributed by atoms with E-state index in [1.807, 2.05) is 0 Å². The van der Waals surface area contributed by atoms with Gasteiger partial charge < -0.3 is 29.9 Å². The standard InChI is InChI=1S/C64H38N8/c1-2-18-34-33(17-1)49-51-35-19-3-4-20-36(35)53(66-51)54-39-23-7-8-24-40(39)57(68-54)58-43-27-11-12-28-44(43)61(70-58)62-47-31-15-16-32-48(47)64(72-62)63-46-30-14-13-29-45(46)60(71-63)59-42-26-10-9-25-41(42)56(69-59)55-38-22-6-5-21-37(38)52(67-55)50(34)65-49/h1-32,65-67,70-72H/p+2. The van der Waals surface area contributed by atoms with Crippen molar-refractivity contribution < 1.29 is 9.98 Å². The average Bonchev–Trinajstić information content (AvgIpc) is 4.32. The summed E-state index contributed by atoms with van der Waals surface area (Å²) in [5.74, 6) is 0. The van der Waals surface area contributed by atoms with E-state index in [9.17, 15) is 0 Å². The van der Waals surface area contributed by atoms with Crippen LogP contribution in [0.25, 0.3) is 98.8 Å². The number of rotatable bonds is 0. The molecule has 14 aromatic rings. The van der Waals surface area contributed by atoms with Crippen molar-refractivity contribution >= 4 is 87.5 Å². The lowest BCUT2D eigenvalue weighted by molar-refractivity contribution is -0.339. The number of hydrogen-bond donors (Lipinski definition) is 8. The van der Waals surface area contributed by atoms with Crippen LogP contribution < -0.4 is 20.7 Å². The Balaban J connectivity index is 1.10. The van der Waals surface area contributed by atoms with Crippen molar-refractivity contribution in [2.75, 3.05) is 0 Å². The molecule has 0 unspecified atom stereocenters. The summed E-state index contributed by atoms with van der Waals surface area (Å²) in [5.41, 5.74) is 14.9. The van der Waals surface area contributed by atoms with Crippen LogP contribution >= 0.6 is 0 Å². The molecule has 17 rings (SSSR count). The van der Waals surface area contributed by atoms with Crippen molar-refractivity contribution in [2.24, 2.45) is 0 Å². The molecule has 0 amide bonds. The second-order valence-electron chi connectivity index (χ2n) is 19.4. The molecule has 0 spiro atoms. The molecule has 8 aromatic carbocycles. The van der Waals surface area contributed by atoms with Gasteiger partial charge in [-0.05, 0) is 24.3 Å². The van der Waals surface area contributed by atoms with Gasteiger partial charge in [0.25, 0.3) is 0 Å². The molecule has 334 valence electrons. The Kier molecular flexibility index (Phi) is 7.32. The molecule has 0 atom stereocenters. The molecule has 16 bridgehead atoms. The van der Waals surface area contributed by atoms with Crippen molar-refractivity contribution in [3.05, 3.63) is 260 Å². The van der Waals surface area contributed by atoms with Crippen LogP contribution in [0.15, 0.2) is 194 Å². The highest BCUT2D eigenvalue weighted by molar-refractivity contribution is 6.24. The minimum Gasteiger partial charge on any atom is -0.351 e. The third-order valence-corrected chi connectivity index (χ3v) is 15.7. The highest BCUT2D eigenvalue weighted by atomic mass is 14.9. The van der Waals surface area contributed by atoms with E-state index in [2.05, 4.69) is 234 Å². The molecule has 0 saturated heterocycles. The smallest absolute Gasteiger partial charge is 0.236 e. The summed E-state index contributed by atoms with van der Waals surface area (Å²) in [5, 5.41) is 19.9. The molecule has 8 N–H and O–H groups in total. The van der Waals surface area contributed by atoms with Crippen LogP contribution in [0.1, 0.15) is 33.6 Å². The minimum absolute atomic E-state index is 1.04. The van der Waals surface area contributed by atoms with Crippen molar-refractivity contribution in [3.8, 4) is 22.8 Å². The van der Waals surface area contributed by atoms with Gasteiger partial charge in [0.2, 0.25) is 22.8 Å². The zero-order valence-electron chi connectivity index (χ0n) is 38.5. The van der Waals surface area contributed by atoms with Crippen molar-refractivity contribution in [1.82, 2.24) is 29.9 Å². The number of fused-ring (bicyclic) bond motifs is 4. The fourth-order valence-corrected chi connectivity index (χ4v) is 12.6. The van der Waals surface area contributed by atoms with Crippen molar-refractivity contribution in [2.45, 2.75) is 0 Å². The normalized spacial score (nSPS) is 13.7. The topological polar surface area (TPSA) is 123 Å². The number of aromatic amines is 6. The molecule has 0 radical (unpaired) electrons. The quantitative estimate of drug-likeness (QED) is 0.0741. The maximum Gasteiger partial charge on any atom is 0.236 e. The summed E-state index contributed by atoms with van der Waals surface area (Å²) in [6.45, 7) is 0. The molecule has 2 aliphatic heterocycles. The van der Waals surface area contributed by atoms with Crippen LogP contribution in [-0.4, -0.2) is 41.3 Å². The van der Waals surface area contributed by atoms with Gasteiger partial charge >= 0.3 is 0 Å². The summed E-state index contributed by atoms with van der Waals surface area (Å²) < 4.78 is 0. The third kappa shape index (κ3) is 4.94. The van der Waals surface area contributed by atoms with Crippen LogP contribution in [0, 0.1) is 21.4 Å². The highest BCUT2D eigenvalue weighted by Gasteiger charge is 2.35. The van der Waals surface area contributed by atoms with Crippen molar-refractivity contribution in [1.29, 1.82) is 0 Å². The maximum absolute atomic E-state index is 4.05. The molecule has 8 heterocycles. The molecule has 0 saturated carbocycles. The van der Waals surface area contributed by atoms with Gasteiger partial charge in [0.05, 0.1) is 66.4 Å². The fraction of sp³-hybridized carbons (Fsp3) is 0. The average molecular weight is 921 g/mol. The molecule has 6 aromatic heterocycles. The first kappa shape index (κ1) is 38.0. The van der Waals surface area contributed by atoms with Gasteiger partial charge in [0, 0.05) is 64.6 Å². The molecular weight excluding hydrogens is 881 g/mol. The Hall–Kier alpha value is -9.92. The monoisotopic (exact) mass is 920 g/mol. The first-order chi connectivity index (χ1) is 35.7. The number of aromatic nitrogens is 6. The lowest BCUT2D eigenvalue weighted by atomic mass is 10.00. The van der Waals surface area contributed by atoms with E-state index in [1.165, 1.54) is 0 Å². The van der Waals surface area contributed by atoms with E-state index in [-0.39, 0.29) is 0 Å².